The van der Waals surface area contributed by atoms with Gasteiger partial charge in [-0.3, -0.25) is 0 Å². The Balaban J connectivity index is 2.47. The van der Waals surface area contributed by atoms with Crippen molar-refractivity contribution in [3.63, 3.8) is 0 Å². The highest BCUT2D eigenvalue weighted by atomic mass is 31.1. The first kappa shape index (κ1) is 3.61. The Hall–Kier alpha value is -0.570. The highest BCUT2D eigenvalue weighted by Gasteiger charge is 2.25. The van der Waals surface area contributed by atoms with E-state index in [4.69, 9.17) is 5.53 Å². The normalized spacial score (nSPS) is 21.0. The van der Waals surface area contributed by atoms with Gasteiger partial charge >= 0.3 is 8.25 Å². The average Bonchev–Trinajstić information content (AvgIpc) is 1.33. The zero-order valence-corrected chi connectivity index (χ0v) is 3.62. The molecule has 0 aromatic heterocycles. The summed E-state index contributed by atoms with van der Waals surface area (Å²) in [4.78, 5) is 0. The molecule has 1 aliphatic heterocycles. The summed E-state index contributed by atoms with van der Waals surface area (Å²) in [6.45, 7) is 0. The lowest BCUT2D eigenvalue weighted by Crippen LogP contribution is -2.10. The predicted molar refractivity (Wildman–Crippen MR) is 14.8 cm³/mol. The van der Waals surface area contributed by atoms with Crippen LogP contribution in [0.1, 0.15) is 0 Å². The summed E-state index contributed by atoms with van der Waals surface area (Å²) in [6.07, 6.45) is 0. The van der Waals surface area contributed by atoms with Crippen molar-refractivity contribution in [1.82, 2.24) is 0 Å². The van der Waals surface area contributed by atoms with Crippen molar-refractivity contribution < 1.29 is 18.8 Å². The molecule has 0 bridgehead atoms. The summed E-state index contributed by atoms with van der Waals surface area (Å²) in [5, 5.41) is 0.0568. The smallest absolute Gasteiger partial charge is 0.390 e. The first-order valence-corrected chi connectivity index (χ1v) is 2.40. The maximum atomic E-state index is 9.65. The molecule has 0 spiro atoms. The quantitative estimate of drug-likeness (QED) is 0.419. The standard InChI is InChI=1S/HN2O3P/c1-2-4-6(3)5-2/h6H. The fourth-order valence-electron chi connectivity index (χ4n) is 0.134. The van der Waals surface area contributed by atoms with E-state index in [9.17, 15) is 4.57 Å². The third kappa shape index (κ3) is 0.367. The van der Waals surface area contributed by atoms with Crippen LogP contribution in [0.4, 0.5) is 0 Å². The summed E-state index contributed by atoms with van der Waals surface area (Å²) in [6, 6.07) is 0. The van der Waals surface area contributed by atoms with E-state index >= 15 is 0 Å². The minimum Gasteiger partial charge on any atom is -0.390 e. The summed E-state index contributed by atoms with van der Waals surface area (Å²) < 4.78 is 17.4. The molecular formula is HN2O3P. The van der Waals surface area contributed by atoms with Crippen LogP contribution in [0.5, 0.6) is 0 Å². The van der Waals surface area contributed by atoms with E-state index in [0.717, 1.165) is 0 Å². The second-order valence-electron chi connectivity index (χ2n) is 0.670. The maximum Gasteiger partial charge on any atom is 0.547 e. The highest BCUT2D eigenvalue weighted by Crippen LogP contribution is 2.33. The molecule has 0 atom stereocenters. The van der Waals surface area contributed by atoms with Crippen molar-refractivity contribution in [3.05, 3.63) is 5.53 Å². The molecule has 0 amide bonds. The molecule has 1 heterocycles. The Morgan fingerprint density at radius 1 is 1.67 bits per heavy atom. The third-order valence-electron chi connectivity index (χ3n) is 0.305. The molecule has 1 fully saturated rings. The lowest BCUT2D eigenvalue weighted by atomic mass is 12.9. The van der Waals surface area contributed by atoms with Gasteiger partial charge in [-0.2, -0.15) is 0 Å². The molecule has 6 heavy (non-hydrogen) atoms. The molecule has 1 saturated heterocycles. The zero-order valence-electron chi connectivity index (χ0n) is 2.62. The van der Waals surface area contributed by atoms with E-state index in [1.807, 2.05) is 0 Å². The van der Waals surface area contributed by atoms with E-state index in [1.54, 1.807) is 0 Å². The topological polar surface area (TPSA) is 60.8 Å². The van der Waals surface area contributed by atoms with Crippen LogP contribution < -0.4 is 0 Å². The second kappa shape index (κ2) is 0.944. The lowest BCUT2D eigenvalue weighted by Gasteiger charge is -2.05. The predicted octanol–water partition coefficient (Wildman–Crippen LogP) is 0.287. The number of hydrogen-bond donors (Lipinski definition) is 0. The summed E-state index contributed by atoms with van der Waals surface area (Å²) in [5.41, 5.74) is 7.83. The van der Waals surface area contributed by atoms with Crippen molar-refractivity contribution in [3.8, 4) is 0 Å². The van der Waals surface area contributed by atoms with Gasteiger partial charge in [-0.25, -0.2) is 4.57 Å². The minimum absolute atomic E-state index is 0.0568. The fraction of sp³-hybridized carbons (Fsp3) is 0. The largest absolute Gasteiger partial charge is 0.547 e. The molecule has 0 radical (unpaired) electrons. The molecule has 6 heteroatoms. The van der Waals surface area contributed by atoms with Gasteiger partial charge in [0, 0.05) is 0 Å². The van der Waals surface area contributed by atoms with Crippen molar-refractivity contribution in [2.75, 3.05) is 0 Å². The van der Waals surface area contributed by atoms with E-state index < -0.39 is 8.25 Å². The minimum atomic E-state index is -2.32. The molecule has 0 aromatic carbocycles. The average molecular weight is 108 g/mol. The van der Waals surface area contributed by atoms with Gasteiger partial charge in [-0.15, -0.1) is 9.25 Å². The van der Waals surface area contributed by atoms with Crippen LogP contribution in [0.3, 0.4) is 0 Å². The Morgan fingerprint density at radius 2 is 2.17 bits per heavy atom. The molecule has 0 N–H and O–H groups in total. The van der Waals surface area contributed by atoms with Gasteiger partial charge in [0.15, 0.2) is 0 Å². The van der Waals surface area contributed by atoms with E-state index in [-0.39, 0.29) is 5.02 Å². The van der Waals surface area contributed by atoms with Crippen molar-refractivity contribution in [2.45, 2.75) is 0 Å². The SMILES string of the molecule is [N-]=[N+]1O[PH](=O)O1. The van der Waals surface area contributed by atoms with Gasteiger partial charge in [-0.05, 0) is 0 Å². The number of hydrogen-bond acceptors (Lipinski definition) is 3. The second-order valence-corrected chi connectivity index (χ2v) is 1.54. The van der Waals surface area contributed by atoms with Gasteiger partial charge in [-0.1, -0.05) is 0 Å². The number of nitrogens with zero attached hydrogens (tertiary/aromatic N) is 2. The summed E-state index contributed by atoms with van der Waals surface area (Å²) >= 11 is 0. The number of rotatable bonds is 0. The molecule has 34 valence electrons. The van der Waals surface area contributed by atoms with Crippen molar-refractivity contribution >= 4 is 8.25 Å². The van der Waals surface area contributed by atoms with Crippen LogP contribution in [0.15, 0.2) is 0 Å². The molecule has 0 aromatic rings. The highest BCUT2D eigenvalue weighted by molar-refractivity contribution is 7.33. The van der Waals surface area contributed by atoms with Gasteiger partial charge in [0.25, 0.3) is 0 Å². The fourth-order valence-corrected chi connectivity index (χ4v) is 0.403. The molecule has 1 rings (SSSR count). The molecule has 5 nitrogen and oxygen atoms in total. The summed E-state index contributed by atoms with van der Waals surface area (Å²) in [7, 11) is -2.32. The zero-order chi connectivity index (χ0) is 4.57. The Morgan fingerprint density at radius 3 is 2.17 bits per heavy atom. The monoisotopic (exact) mass is 108 g/mol. The van der Waals surface area contributed by atoms with Crippen LogP contribution in [0, 0.1) is 0 Å². The van der Waals surface area contributed by atoms with Crippen LogP contribution >= 0.6 is 8.25 Å². The molecular weight excluding hydrogens is 107 g/mol. The molecule has 0 saturated carbocycles. The van der Waals surface area contributed by atoms with Crippen LogP contribution in [-0.2, 0) is 13.8 Å². The van der Waals surface area contributed by atoms with Crippen molar-refractivity contribution in [2.24, 2.45) is 0 Å². The Bertz CT molecular complexity index is 85.4. The van der Waals surface area contributed by atoms with E-state index in [1.165, 1.54) is 0 Å². The lowest BCUT2D eigenvalue weighted by molar-refractivity contribution is -0.970. The van der Waals surface area contributed by atoms with E-state index in [2.05, 4.69) is 9.25 Å². The van der Waals surface area contributed by atoms with Crippen LogP contribution in [-0.4, -0.2) is 5.02 Å². The maximum absolute atomic E-state index is 9.65. The van der Waals surface area contributed by atoms with Crippen LogP contribution in [0.2, 0.25) is 0 Å². The van der Waals surface area contributed by atoms with Gasteiger partial charge in [0.05, 0.1) is 0 Å². The van der Waals surface area contributed by atoms with Gasteiger partial charge in [0.2, 0.25) is 0 Å². The third-order valence-corrected chi connectivity index (χ3v) is 0.916. The molecule has 0 unspecified atom stereocenters. The first-order valence-electron chi connectivity index (χ1n) is 1.18. The first-order chi connectivity index (χ1) is 2.79. The molecule has 0 aliphatic carbocycles. The summed E-state index contributed by atoms with van der Waals surface area (Å²) in [5.74, 6) is 0. The van der Waals surface area contributed by atoms with Gasteiger partial charge in [0.1, 0.15) is 5.02 Å². The Labute approximate surface area is 33.8 Å². The Kier molecular flexibility index (Phi) is 0.569. The van der Waals surface area contributed by atoms with Crippen molar-refractivity contribution in [1.29, 1.82) is 0 Å². The van der Waals surface area contributed by atoms with Gasteiger partial charge < -0.3 is 5.53 Å². The molecule has 1 aliphatic rings. The van der Waals surface area contributed by atoms with Crippen LogP contribution in [0.25, 0.3) is 5.53 Å². The van der Waals surface area contributed by atoms with E-state index in [0.29, 0.717) is 0 Å².